The molecule has 1 fully saturated rings. The van der Waals surface area contributed by atoms with Gasteiger partial charge in [0, 0.05) is 6.04 Å². The molecule has 15 heavy (non-hydrogen) atoms. The lowest BCUT2D eigenvalue weighted by atomic mass is 9.94. The Hall–Kier alpha value is -1.05. The van der Waals surface area contributed by atoms with Crippen LogP contribution in [0.1, 0.15) is 25.7 Å². The van der Waals surface area contributed by atoms with Crippen molar-refractivity contribution in [1.29, 1.82) is 0 Å². The second-order valence-electron chi connectivity index (χ2n) is 3.83. The molecule has 3 N–H and O–H groups in total. The molecule has 0 radical (unpaired) electrons. The molecule has 4 heteroatoms. The van der Waals surface area contributed by atoms with Crippen LogP contribution >= 0.6 is 0 Å². The van der Waals surface area contributed by atoms with E-state index in [4.69, 9.17) is 16.9 Å². The first-order valence-corrected chi connectivity index (χ1v) is 5.29. The second kappa shape index (κ2) is 6.44. The topological polar surface area (TPSA) is 64.3 Å². The Labute approximate surface area is 90.5 Å². The van der Waals surface area contributed by atoms with Gasteiger partial charge in [0.2, 0.25) is 5.91 Å². The Kier molecular flexibility index (Phi) is 5.16. The van der Waals surface area contributed by atoms with Gasteiger partial charge in [0.05, 0.1) is 12.6 Å². The predicted molar refractivity (Wildman–Crippen MR) is 58.0 cm³/mol. The molecule has 0 saturated heterocycles. The first-order valence-electron chi connectivity index (χ1n) is 5.29. The molecule has 0 aromatic carbocycles. The van der Waals surface area contributed by atoms with E-state index in [1.807, 2.05) is 0 Å². The molecule has 1 rings (SSSR count). The van der Waals surface area contributed by atoms with E-state index in [0.29, 0.717) is 6.04 Å². The lowest BCUT2D eigenvalue weighted by molar-refractivity contribution is -0.128. The largest absolute Gasteiger partial charge is 0.368 e. The van der Waals surface area contributed by atoms with Gasteiger partial charge in [-0.1, -0.05) is 5.92 Å². The third kappa shape index (κ3) is 4.82. The Morgan fingerprint density at radius 2 is 2.13 bits per heavy atom. The number of terminal acetylenes is 1. The van der Waals surface area contributed by atoms with E-state index in [1.165, 1.54) is 0 Å². The van der Waals surface area contributed by atoms with Crippen LogP contribution in [-0.4, -0.2) is 31.2 Å². The molecule has 84 valence electrons. The fourth-order valence-corrected chi connectivity index (χ4v) is 1.65. The zero-order valence-corrected chi connectivity index (χ0v) is 8.87. The lowest BCUT2D eigenvalue weighted by Gasteiger charge is -2.25. The molecule has 0 bridgehead atoms. The van der Waals surface area contributed by atoms with E-state index >= 15 is 0 Å². The molecule has 1 amide bonds. The van der Waals surface area contributed by atoms with Gasteiger partial charge in [-0.05, 0) is 25.7 Å². The Morgan fingerprint density at radius 1 is 1.47 bits per heavy atom. The molecular weight excluding hydrogens is 192 g/mol. The molecule has 0 aliphatic heterocycles. The normalized spacial score (nSPS) is 25.6. The van der Waals surface area contributed by atoms with Crippen LogP contribution in [0.15, 0.2) is 0 Å². The number of hydrogen-bond donors (Lipinski definition) is 2. The SMILES string of the molecule is C#CCNC(=O)COC1CCC(N)CC1. The summed E-state index contributed by atoms with van der Waals surface area (Å²) < 4.78 is 5.45. The monoisotopic (exact) mass is 210 g/mol. The highest BCUT2D eigenvalue weighted by atomic mass is 16.5. The maximum absolute atomic E-state index is 11.2. The van der Waals surface area contributed by atoms with Crippen molar-refractivity contribution in [2.24, 2.45) is 5.73 Å². The van der Waals surface area contributed by atoms with Crippen molar-refractivity contribution in [3.8, 4) is 12.3 Å². The Bertz CT molecular complexity index is 239. The molecule has 0 heterocycles. The summed E-state index contributed by atoms with van der Waals surface area (Å²) in [5.74, 6) is 2.19. The summed E-state index contributed by atoms with van der Waals surface area (Å²) in [6.45, 7) is 0.360. The summed E-state index contributed by atoms with van der Waals surface area (Å²) in [5, 5.41) is 2.56. The minimum absolute atomic E-state index is 0.0988. The molecule has 0 atom stereocenters. The van der Waals surface area contributed by atoms with E-state index < -0.39 is 0 Å². The van der Waals surface area contributed by atoms with Gasteiger partial charge in [-0.3, -0.25) is 4.79 Å². The van der Waals surface area contributed by atoms with E-state index in [2.05, 4.69) is 11.2 Å². The summed E-state index contributed by atoms with van der Waals surface area (Å²) >= 11 is 0. The molecule has 0 aromatic heterocycles. The highest BCUT2D eigenvalue weighted by molar-refractivity contribution is 5.77. The molecule has 1 aliphatic carbocycles. The van der Waals surface area contributed by atoms with Crippen LogP contribution in [0, 0.1) is 12.3 Å². The van der Waals surface area contributed by atoms with E-state index in [9.17, 15) is 4.79 Å². The molecular formula is C11H18N2O2. The van der Waals surface area contributed by atoms with Crippen molar-refractivity contribution in [2.75, 3.05) is 13.2 Å². The van der Waals surface area contributed by atoms with Crippen molar-refractivity contribution in [3.63, 3.8) is 0 Å². The standard InChI is InChI=1S/C11H18N2O2/c1-2-7-13-11(14)8-15-10-5-3-9(12)4-6-10/h1,9-10H,3-8,12H2,(H,13,14). The highest BCUT2D eigenvalue weighted by Crippen LogP contribution is 2.19. The zero-order valence-electron chi connectivity index (χ0n) is 8.87. The number of carbonyl (C=O) groups excluding carboxylic acids is 1. The van der Waals surface area contributed by atoms with Crippen LogP contribution in [0.25, 0.3) is 0 Å². The highest BCUT2D eigenvalue weighted by Gasteiger charge is 2.19. The molecule has 0 unspecified atom stereocenters. The first kappa shape index (κ1) is 12.0. The van der Waals surface area contributed by atoms with Gasteiger partial charge in [-0.15, -0.1) is 6.42 Å². The van der Waals surface area contributed by atoms with Crippen molar-refractivity contribution >= 4 is 5.91 Å². The van der Waals surface area contributed by atoms with Crippen molar-refractivity contribution in [3.05, 3.63) is 0 Å². The van der Waals surface area contributed by atoms with Gasteiger partial charge in [0.25, 0.3) is 0 Å². The van der Waals surface area contributed by atoms with E-state index in [1.54, 1.807) is 0 Å². The molecule has 4 nitrogen and oxygen atoms in total. The minimum Gasteiger partial charge on any atom is -0.368 e. The van der Waals surface area contributed by atoms with Gasteiger partial charge in [-0.25, -0.2) is 0 Å². The van der Waals surface area contributed by atoms with Gasteiger partial charge >= 0.3 is 0 Å². The predicted octanol–water partition coefficient (Wildman–Crippen LogP) is 0.0223. The average Bonchev–Trinajstić information content (AvgIpc) is 2.25. The van der Waals surface area contributed by atoms with Crippen LogP contribution in [0.3, 0.4) is 0 Å². The Balaban J connectivity index is 2.09. The third-order valence-corrected chi connectivity index (χ3v) is 2.56. The molecule has 1 saturated carbocycles. The van der Waals surface area contributed by atoms with Gasteiger partial charge in [-0.2, -0.15) is 0 Å². The van der Waals surface area contributed by atoms with E-state index in [-0.39, 0.29) is 25.2 Å². The van der Waals surface area contributed by atoms with Crippen molar-refractivity contribution in [2.45, 2.75) is 37.8 Å². The molecule has 0 spiro atoms. The number of rotatable bonds is 4. The second-order valence-corrected chi connectivity index (χ2v) is 3.83. The van der Waals surface area contributed by atoms with Crippen LogP contribution < -0.4 is 11.1 Å². The maximum Gasteiger partial charge on any atom is 0.246 e. The summed E-state index contributed by atoms with van der Waals surface area (Å²) in [6.07, 6.45) is 9.06. The number of hydrogen-bond acceptors (Lipinski definition) is 3. The van der Waals surface area contributed by atoms with Crippen LogP contribution in [0.4, 0.5) is 0 Å². The average molecular weight is 210 g/mol. The van der Waals surface area contributed by atoms with Gasteiger partial charge < -0.3 is 15.8 Å². The fraction of sp³-hybridized carbons (Fsp3) is 0.727. The number of nitrogens with one attached hydrogen (secondary N) is 1. The zero-order chi connectivity index (χ0) is 11.1. The minimum atomic E-state index is -0.150. The Morgan fingerprint density at radius 3 is 2.73 bits per heavy atom. The van der Waals surface area contributed by atoms with Crippen LogP contribution in [-0.2, 0) is 9.53 Å². The molecule has 1 aliphatic rings. The van der Waals surface area contributed by atoms with E-state index in [0.717, 1.165) is 25.7 Å². The van der Waals surface area contributed by atoms with Crippen LogP contribution in [0.5, 0.6) is 0 Å². The first-order chi connectivity index (χ1) is 7.22. The molecule has 0 aromatic rings. The maximum atomic E-state index is 11.2. The van der Waals surface area contributed by atoms with Crippen molar-refractivity contribution in [1.82, 2.24) is 5.32 Å². The summed E-state index contributed by atoms with van der Waals surface area (Å²) in [5.41, 5.74) is 5.76. The van der Waals surface area contributed by atoms with Gasteiger partial charge in [0.1, 0.15) is 6.61 Å². The number of ether oxygens (including phenoxy) is 1. The lowest BCUT2D eigenvalue weighted by Crippen LogP contribution is -2.34. The summed E-state index contributed by atoms with van der Waals surface area (Å²) in [4.78, 5) is 11.2. The quantitative estimate of drug-likeness (QED) is 0.643. The van der Waals surface area contributed by atoms with Crippen LogP contribution in [0.2, 0.25) is 0 Å². The summed E-state index contributed by atoms with van der Waals surface area (Å²) in [6, 6.07) is 0.306. The summed E-state index contributed by atoms with van der Waals surface area (Å²) in [7, 11) is 0. The van der Waals surface area contributed by atoms with Crippen molar-refractivity contribution < 1.29 is 9.53 Å². The number of amides is 1. The fourth-order valence-electron chi connectivity index (χ4n) is 1.65. The number of nitrogens with two attached hydrogens (primary N) is 1. The number of carbonyl (C=O) groups is 1. The third-order valence-electron chi connectivity index (χ3n) is 2.56. The van der Waals surface area contributed by atoms with Gasteiger partial charge in [0.15, 0.2) is 0 Å². The smallest absolute Gasteiger partial charge is 0.246 e.